The van der Waals surface area contributed by atoms with Crippen molar-refractivity contribution in [3.63, 3.8) is 0 Å². The van der Waals surface area contributed by atoms with E-state index in [4.69, 9.17) is 5.11 Å². The van der Waals surface area contributed by atoms with Gasteiger partial charge in [0.05, 0.1) is 0 Å². The lowest BCUT2D eigenvalue weighted by Gasteiger charge is -2.44. The second-order valence-corrected chi connectivity index (χ2v) is 6.53. The van der Waals surface area contributed by atoms with Crippen LogP contribution in [0.1, 0.15) is 0 Å². The third-order valence-corrected chi connectivity index (χ3v) is 4.06. The summed E-state index contributed by atoms with van der Waals surface area (Å²) in [4.78, 5) is 0. The van der Waals surface area contributed by atoms with Crippen LogP contribution in [0.3, 0.4) is 0 Å². The molecule has 0 bridgehead atoms. The van der Waals surface area contributed by atoms with E-state index >= 15 is 0 Å². The zero-order valence-electron chi connectivity index (χ0n) is 15.5. The molecule has 0 amide bonds. The highest BCUT2D eigenvalue weighted by Crippen LogP contribution is 2.66. The second-order valence-electron chi connectivity index (χ2n) is 6.53. The van der Waals surface area contributed by atoms with Crippen molar-refractivity contribution in [3.8, 4) is 0 Å². The lowest BCUT2D eigenvalue weighted by Crippen LogP contribution is -2.76. The molecule has 0 aliphatic heterocycles. The number of rotatable bonds is 9. The molecule has 0 saturated heterocycles. The average molecular weight is 617 g/mol. The van der Waals surface area contributed by atoms with Gasteiger partial charge in [0.1, 0.15) is 0 Å². The SMILES string of the molecule is OC(F)([C](F)C(F)(F)C(F)(F)C(F)(F)C(F)(F)C(F)(F)C(F)(F)C(F)(F)C(F)(F)C(F)(F)F)C(F)(F)F. The first-order chi connectivity index (χ1) is 15.4. The van der Waals surface area contributed by atoms with E-state index < -0.39 is 71.8 Å². The summed E-state index contributed by atoms with van der Waals surface area (Å²) in [5, 5.41) is 7.84. The lowest BCUT2D eigenvalue weighted by atomic mass is 9.85. The van der Waals surface area contributed by atoms with Crippen LogP contribution in [0.4, 0.5) is 105 Å². The van der Waals surface area contributed by atoms with Crippen molar-refractivity contribution in [1.82, 2.24) is 0 Å². The van der Waals surface area contributed by atoms with Crippen LogP contribution in [0.25, 0.3) is 0 Å². The first-order valence-electron chi connectivity index (χ1n) is 7.51. The van der Waals surface area contributed by atoms with Crippen LogP contribution < -0.4 is 0 Å². The van der Waals surface area contributed by atoms with E-state index in [-0.39, 0.29) is 0 Å². The topological polar surface area (TPSA) is 20.2 Å². The van der Waals surface area contributed by atoms with E-state index in [9.17, 15) is 105 Å². The smallest absolute Gasteiger partial charge is 0.352 e. The first-order valence-corrected chi connectivity index (χ1v) is 7.51. The Balaban J connectivity index is 7.11. The van der Waals surface area contributed by atoms with Gasteiger partial charge < -0.3 is 5.11 Å². The molecule has 1 nitrogen and oxygen atoms in total. The maximum atomic E-state index is 13.4. The number of hydrogen-bond donors (Lipinski definition) is 1. The Morgan fingerprint density at radius 1 is 0.324 bits per heavy atom. The van der Waals surface area contributed by atoms with Crippen molar-refractivity contribution in [2.45, 2.75) is 65.6 Å². The Morgan fingerprint density at radius 3 is 0.757 bits per heavy atom. The van der Waals surface area contributed by atoms with Crippen molar-refractivity contribution >= 4 is 0 Å². The van der Waals surface area contributed by atoms with Crippen molar-refractivity contribution in [3.05, 3.63) is 6.17 Å². The molecule has 0 spiro atoms. The average Bonchev–Trinajstić information content (AvgIpc) is 2.64. The van der Waals surface area contributed by atoms with Crippen LogP contribution in [0.15, 0.2) is 0 Å². The standard InChI is InChI=1S/C12HF24O/c13-1(3(16,37)11(31,32)33)2(14,15)4(17,18)5(19,20)6(21,22)7(23,24)8(25,26)9(27,28)10(29,30)12(34,35)36/h37H. The predicted molar refractivity (Wildman–Crippen MR) is 62.1 cm³/mol. The minimum atomic E-state index is -9.44. The molecule has 0 rings (SSSR count). The molecule has 0 heterocycles. The Bertz CT molecular complexity index is 828. The first kappa shape index (κ1) is 35.3. The molecule has 25 heteroatoms. The molecule has 1 unspecified atom stereocenters. The number of alkyl halides is 23. The zero-order chi connectivity index (χ0) is 31.1. The highest BCUT2D eigenvalue weighted by molar-refractivity contribution is 5.21. The molecule has 37 heavy (non-hydrogen) atoms. The van der Waals surface area contributed by atoms with Gasteiger partial charge in [-0.05, 0) is 0 Å². The van der Waals surface area contributed by atoms with Crippen LogP contribution in [0, 0.1) is 6.17 Å². The van der Waals surface area contributed by atoms with Gasteiger partial charge in [-0.25, -0.2) is 4.39 Å². The molecule has 0 aromatic heterocycles. The normalized spacial score (nSPS) is 18.3. The molecule has 223 valence electrons. The monoisotopic (exact) mass is 617 g/mol. The fraction of sp³-hybridized carbons (Fsp3) is 0.917. The number of hydrogen-bond acceptors (Lipinski definition) is 1. The molecule has 1 N–H and O–H groups in total. The highest BCUT2D eigenvalue weighted by Gasteiger charge is 2.97. The lowest BCUT2D eigenvalue weighted by molar-refractivity contribution is -0.470. The maximum absolute atomic E-state index is 13.4. The summed E-state index contributed by atoms with van der Waals surface area (Å²) in [6.45, 7) is 0. The van der Waals surface area contributed by atoms with E-state index in [1.165, 1.54) is 0 Å². The van der Waals surface area contributed by atoms with Gasteiger partial charge >= 0.3 is 65.6 Å². The second kappa shape index (κ2) is 8.39. The number of aliphatic hydroxyl groups is 1. The van der Waals surface area contributed by atoms with Crippen LogP contribution in [-0.4, -0.2) is 70.7 Å². The molecule has 0 aliphatic carbocycles. The fourth-order valence-electron chi connectivity index (χ4n) is 1.83. The molecule has 0 aromatic carbocycles. The van der Waals surface area contributed by atoms with Gasteiger partial charge in [0.2, 0.25) is 0 Å². The van der Waals surface area contributed by atoms with E-state index in [0.717, 1.165) is 0 Å². The van der Waals surface area contributed by atoms with Gasteiger partial charge in [-0.1, -0.05) is 0 Å². The van der Waals surface area contributed by atoms with Gasteiger partial charge in [-0.3, -0.25) is 0 Å². The van der Waals surface area contributed by atoms with E-state index in [1.807, 2.05) is 0 Å². The molecule has 0 aliphatic rings. The van der Waals surface area contributed by atoms with Gasteiger partial charge in [-0.2, -0.15) is 101 Å². The molecular formula is C12HF24O. The third kappa shape index (κ3) is 4.29. The number of halogens is 24. The minimum Gasteiger partial charge on any atom is -0.352 e. The van der Waals surface area contributed by atoms with Crippen molar-refractivity contribution in [2.75, 3.05) is 0 Å². The summed E-state index contributed by atoms with van der Waals surface area (Å²) in [6.07, 6.45) is -21.6. The Labute approximate surface area is 184 Å². The minimum absolute atomic E-state index is 5.86. The summed E-state index contributed by atoms with van der Waals surface area (Å²) in [5.74, 6) is -80.3. The summed E-state index contributed by atoms with van der Waals surface area (Å²) >= 11 is 0. The molecule has 1 atom stereocenters. The summed E-state index contributed by atoms with van der Waals surface area (Å²) in [5.41, 5.74) is 0. The quantitative estimate of drug-likeness (QED) is 0.269. The Hall–Kier alpha value is -1.72. The molecule has 0 saturated carbocycles. The Morgan fingerprint density at radius 2 is 0.541 bits per heavy atom. The van der Waals surface area contributed by atoms with Gasteiger partial charge in [0.15, 0.2) is 0 Å². The van der Waals surface area contributed by atoms with Crippen LogP contribution >= 0.6 is 0 Å². The zero-order valence-corrected chi connectivity index (χ0v) is 15.5. The predicted octanol–water partition coefficient (Wildman–Crippen LogP) is 7.35. The maximum Gasteiger partial charge on any atom is 0.460 e. The van der Waals surface area contributed by atoms with E-state index in [2.05, 4.69) is 0 Å². The summed E-state index contributed by atoms with van der Waals surface area (Å²) in [7, 11) is 0. The van der Waals surface area contributed by atoms with Crippen molar-refractivity contribution in [1.29, 1.82) is 0 Å². The molecular weight excluding hydrogens is 616 g/mol. The van der Waals surface area contributed by atoms with Crippen molar-refractivity contribution < 1.29 is 110 Å². The Kier molecular flexibility index (Phi) is 8.00. The molecule has 0 aromatic rings. The van der Waals surface area contributed by atoms with E-state index in [0.29, 0.717) is 0 Å². The van der Waals surface area contributed by atoms with Crippen LogP contribution in [0.5, 0.6) is 0 Å². The summed E-state index contributed by atoms with van der Waals surface area (Å²) in [6, 6.07) is 0. The van der Waals surface area contributed by atoms with Gasteiger partial charge in [-0.15, -0.1) is 0 Å². The van der Waals surface area contributed by atoms with Gasteiger partial charge in [0, 0.05) is 0 Å². The highest BCUT2D eigenvalue weighted by atomic mass is 19.4. The van der Waals surface area contributed by atoms with E-state index in [1.54, 1.807) is 0 Å². The van der Waals surface area contributed by atoms with Gasteiger partial charge in [0.25, 0.3) is 6.17 Å². The molecule has 0 fully saturated rings. The van der Waals surface area contributed by atoms with Crippen LogP contribution in [0.2, 0.25) is 0 Å². The molecule has 1 radical (unpaired) electrons. The van der Waals surface area contributed by atoms with Crippen LogP contribution in [-0.2, 0) is 0 Å². The fourth-order valence-corrected chi connectivity index (χ4v) is 1.83. The van der Waals surface area contributed by atoms with Crippen molar-refractivity contribution in [2.24, 2.45) is 0 Å². The largest absolute Gasteiger partial charge is 0.460 e. The summed E-state index contributed by atoms with van der Waals surface area (Å²) < 4.78 is 307. The third-order valence-electron chi connectivity index (χ3n) is 4.06.